The number of nitrogens with one attached hydrogen (secondary N) is 1. The van der Waals surface area contributed by atoms with Crippen LogP contribution >= 0.6 is 11.3 Å². The van der Waals surface area contributed by atoms with Crippen LogP contribution in [-0.2, 0) is 6.42 Å². The molecule has 1 amide bonds. The Morgan fingerprint density at radius 3 is 2.89 bits per heavy atom. The minimum atomic E-state index is -0.177. The molecule has 0 atom stereocenters. The van der Waals surface area contributed by atoms with Gasteiger partial charge in [0.05, 0.1) is 4.88 Å². The molecule has 1 aromatic carbocycles. The average Bonchev–Trinajstić information content (AvgIpc) is 3.44. The van der Waals surface area contributed by atoms with Crippen LogP contribution in [0, 0.1) is 0 Å². The lowest BCUT2D eigenvalue weighted by Crippen LogP contribution is -2.23. The van der Waals surface area contributed by atoms with E-state index in [0.717, 1.165) is 41.5 Å². The van der Waals surface area contributed by atoms with Crippen LogP contribution in [0.3, 0.4) is 0 Å². The Labute approximate surface area is 160 Å². The van der Waals surface area contributed by atoms with Crippen molar-refractivity contribution < 1.29 is 13.7 Å². The van der Waals surface area contributed by atoms with Crippen LogP contribution in [0.4, 0.5) is 0 Å². The molecule has 3 aromatic heterocycles. The lowest BCUT2D eigenvalue weighted by Gasteiger charge is -2.02. The molecule has 0 bridgehead atoms. The molecule has 4 rings (SSSR count). The minimum absolute atomic E-state index is 0.177. The minimum Gasteiger partial charge on any atom is -0.451 e. The number of benzene rings is 1. The van der Waals surface area contributed by atoms with Gasteiger partial charge in [0.15, 0.2) is 5.76 Å². The van der Waals surface area contributed by atoms with Crippen molar-refractivity contribution in [3.63, 3.8) is 0 Å². The van der Waals surface area contributed by atoms with Crippen molar-refractivity contribution in [2.45, 2.75) is 25.7 Å². The Bertz CT molecular complexity index is 987. The van der Waals surface area contributed by atoms with Gasteiger partial charge in [-0.25, -0.2) is 0 Å². The van der Waals surface area contributed by atoms with Crippen molar-refractivity contribution in [3.8, 4) is 10.7 Å². The third-order valence-electron chi connectivity index (χ3n) is 4.21. The van der Waals surface area contributed by atoms with Crippen LogP contribution in [0.2, 0.25) is 0 Å². The van der Waals surface area contributed by atoms with Crippen LogP contribution in [0.15, 0.2) is 56.8 Å². The average molecular weight is 381 g/mol. The maximum Gasteiger partial charge on any atom is 0.287 e. The van der Waals surface area contributed by atoms with Crippen molar-refractivity contribution in [1.82, 2.24) is 15.5 Å². The largest absolute Gasteiger partial charge is 0.451 e. The van der Waals surface area contributed by atoms with E-state index in [1.165, 1.54) is 0 Å². The van der Waals surface area contributed by atoms with E-state index in [2.05, 4.69) is 15.5 Å². The molecule has 0 aliphatic carbocycles. The molecule has 0 unspecified atom stereocenters. The molecule has 0 radical (unpaired) electrons. The van der Waals surface area contributed by atoms with Crippen molar-refractivity contribution in [2.24, 2.45) is 0 Å². The molecule has 27 heavy (non-hydrogen) atoms. The van der Waals surface area contributed by atoms with E-state index in [1.54, 1.807) is 17.4 Å². The summed E-state index contributed by atoms with van der Waals surface area (Å²) in [6.07, 6.45) is 3.54. The van der Waals surface area contributed by atoms with Crippen molar-refractivity contribution in [3.05, 3.63) is 59.5 Å². The fourth-order valence-electron chi connectivity index (χ4n) is 2.82. The number of rotatable bonds is 8. The summed E-state index contributed by atoms with van der Waals surface area (Å²) in [5, 5.41) is 9.83. The summed E-state index contributed by atoms with van der Waals surface area (Å²) in [7, 11) is 0. The van der Waals surface area contributed by atoms with Crippen LogP contribution in [0.1, 0.15) is 35.7 Å². The third-order valence-corrected chi connectivity index (χ3v) is 5.08. The summed E-state index contributed by atoms with van der Waals surface area (Å²) < 4.78 is 10.8. The molecule has 0 aliphatic rings. The summed E-state index contributed by atoms with van der Waals surface area (Å²) in [5.41, 5.74) is 0.726. The lowest BCUT2D eigenvalue weighted by atomic mass is 10.2. The zero-order chi connectivity index (χ0) is 18.5. The van der Waals surface area contributed by atoms with E-state index < -0.39 is 0 Å². The molecule has 0 fully saturated rings. The summed E-state index contributed by atoms with van der Waals surface area (Å²) in [6, 6.07) is 13.3. The number of aryl methyl sites for hydroxylation is 1. The molecule has 0 aliphatic heterocycles. The smallest absolute Gasteiger partial charge is 0.287 e. The zero-order valence-corrected chi connectivity index (χ0v) is 15.5. The molecule has 7 heteroatoms. The summed E-state index contributed by atoms with van der Waals surface area (Å²) >= 11 is 1.59. The number of amides is 1. The van der Waals surface area contributed by atoms with E-state index in [-0.39, 0.29) is 5.91 Å². The molecule has 0 saturated heterocycles. The van der Waals surface area contributed by atoms with E-state index in [0.29, 0.717) is 24.0 Å². The van der Waals surface area contributed by atoms with E-state index in [9.17, 15) is 4.79 Å². The molecule has 0 spiro atoms. The number of nitrogens with zero attached hydrogens (tertiary/aromatic N) is 2. The van der Waals surface area contributed by atoms with Gasteiger partial charge in [-0.2, -0.15) is 4.98 Å². The molecular weight excluding hydrogens is 362 g/mol. The number of hydrogen-bond acceptors (Lipinski definition) is 6. The van der Waals surface area contributed by atoms with Gasteiger partial charge in [-0.3, -0.25) is 4.79 Å². The Hall–Kier alpha value is -2.93. The number of thiophene rings is 1. The molecule has 1 N–H and O–H groups in total. The Kier molecular flexibility index (Phi) is 5.29. The number of unbranched alkanes of at least 4 members (excludes halogenated alkanes) is 2. The first-order valence-electron chi connectivity index (χ1n) is 8.93. The fourth-order valence-corrected chi connectivity index (χ4v) is 3.47. The highest BCUT2D eigenvalue weighted by Crippen LogP contribution is 2.22. The van der Waals surface area contributed by atoms with Gasteiger partial charge in [0.25, 0.3) is 5.91 Å². The van der Waals surface area contributed by atoms with Gasteiger partial charge in [0, 0.05) is 18.4 Å². The van der Waals surface area contributed by atoms with Crippen molar-refractivity contribution >= 4 is 28.2 Å². The number of para-hydroxylation sites is 1. The van der Waals surface area contributed by atoms with E-state index >= 15 is 0 Å². The van der Waals surface area contributed by atoms with Crippen molar-refractivity contribution in [2.75, 3.05) is 6.54 Å². The number of fused-ring (bicyclic) bond motifs is 1. The van der Waals surface area contributed by atoms with E-state index in [4.69, 9.17) is 8.94 Å². The highest BCUT2D eigenvalue weighted by molar-refractivity contribution is 7.13. The summed E-state index contributed by atoms with van der Waals surface area (Å²) in [5.74, 6) is 1.48. The molecule has 6 nitrogen and oxygen atoms in total. The van der Waals surface area contributed by atoms with Gasteiger partial charge in [0.1, 0.15) is 5.58 Å². The first-order chi connectivity index (χ1) is 13.3. The second-order valence-corrected chi connectivity index (χ2v) is 7.15. The first kappa shape index (κ1) is 17.5. The van der Waals surface area contributed by atoms with Crippen LogP contribution in [-0.4, -0.2) is 22.6 Å². The standard InChI is InChI=1S/C20H19N3O3S/c24-20(16-13-14-7-3-4-8-15(14)25-16)21-11-5-1-2-10-18-22-19(23-26-18)17-9-6-12-27-17/h3-4,6-9,12-13H,1-2,5,10-11H2,(H,21,24). The van der Waals surface area contributed by atoms with Gasteiger partial charge < -0.3 is 14.3 Å². The highest BCUT2D eigenvalue weighted by atomic mass is 32.1. The molecular formula is C20H19N3O3S. The van der Waals surface area contributed by atoms with E-state index in [1.807, 2.05) is 41.8 Å². The molecule has 138 valence electrons. The maximum absolute atomic E-state index is 12.1. The predicted molar refractivity (Wildman–Crippen MR) is 104 cm³/mol. The number of hydrogen-bond donors (Lipinski definition) is 1. The van der Waals surface area contributed by atoms with Crippen molar-refractivity contribution in [1.29, 1.82) is 0 Å². The summed E-state index contributed by atoms with van der Waals surface area (Å²) in [4.78, 5) is 17.6. The van der Waals surface area contributed by atoms with Gasteiger partial charge in [-0.05, 0) is 36.4 Å². The van der Waals surface area contributed by atoms with Crippen LogP contribution in [0.5, 0.6) is 0 Å². The number of carbonyl (C=O) groups excluding carboxylic acids is 1. The number of aromatic nitrogens is 2. The Morgan fingerprint density at radius 2 is 2.04 bits per heavy atom. The quantitative estimate of drug-likeness (QED) is 0.448. The predicted octanol–water partition coefficient (Wildman–Crippen LogP) is 4.69. The van der Waals surface area contributed by atoms with Gasteiger partial charge in [-0.15, -0.1) is 11.3 Å². The first-order valence-corrected chi connectivity index (χ1v) is 9.81. The SMILES string of the molecule is O=C(NCCCCCc1nc(-c2cccs2)no1)c1cc2ccccc2o1. The monoisotopic (exact) mass is 381 g/mol. The van der Waals surface area contributed by atoms with Gasteiger partial charge >= 0.3 is 0 Å². The Balaban J connectivity index is 1.17. The lowest BCUT2D eigenvalue weighted by molar-refractivity contribution is 0.0927. The second kappa shape index (κ2) is 8.18. The number of furan rings is 1. The van der Waals surface area contributed by atoms with Gasteiger partial charge in [-0.1, -0.05) is 35.8 Å². The molecule has 0 saturated carbocycles. The normalized spacial score (nSPS) is 11.1. The Morgan fingerprint density at radius 1 is 1.11 bits per heavy atom. The molecule has 4 aromatic rings. The second-order valence-electron chi connectivity index (χ2n) is 6.20. The third kappa shape index (κ3) is 4.25. The highest BCUT2D eigenvalue weighted by Gasteiger charge is 2.11. The zero-order valence-electron chi connectivity index (χ0n) is 14.7. The van der Waals surface area contributed by atoms with Crippen LogP contribution in [0.25, 0.3) is 21.7 Å². The topological polar surface area (TPSA) is 81.2 Å². The van der Waals surface area contributed by atoms with Gasteiger partial charge in [0.2, 0.25) is 11.7 Å². The number of carbonyl (C=O) groups is 1. The maximum atomic E-state index is 12.1. The molecule has 3 heterocycles. The summed E-state index contributed by atoms with van der Waals surface area (Å²) in [6.45, 7) is 0.611. The fraction of sp³-hybridized carbons (Fsp3) is 0.250. The van der Waals surface area contributed by atoms with Crippen LogP contribution < -0.4 is 5.32 Å².